The molecule has 2 aromatic rings. The van der Waals surface area contributed by atoms with Crippen molar-refractivity contribution in [3.63, 3.8) is 0 Å². The molecule has 0 bridgehead atoms. The lowest BCUT2D eigenvalue weighted by molar-refractivity contribution is 0.0937. The normalized spacial score (nSPS) is 15.7. The summed E-state index contributed by atoms with van der Waals surface area (Å²) in [5.41, 5.74) is 7.13. The van der Waals surface area contributed by atoms with Gasteiger partial charge in [-0.15, -0.1) is 0 Å². The van der Waals surface area contributed by atoms with Crippen LogP contribution in [0.3, 0.4) is 0 Å². The SMILES string of the molecule is CCC(C)NC(=O)c1cn(C2CC2)c2cccc(N)c2c1=O. The van der Waals surface area contributed by atoms with Gasteiger partial charge in [0.25, 0.3) is 5.91 Å². The van der Waals surface area contributed by atoms with Crippen LogP contribution >= 0.6 is 0 Å². The minimum atomic E-state index is -0.320. The van der Waals surface area contributed by atoms with Crippen LogP contribution in [0.15, 0.2) is 29.2 Å². The van der Waals surface area contributed by atoms with Crippen LogP contribution in [-0.2, 0) is 0 Å². The maximum Gasteiger partial charge on any atom is 0.256 e. The van der Waals surface area contributed by atoms with Crippen molar-refractivity contribution in [2.75, 3.05) is 5.73 Å². The van der Waals surface area contributed by atoms with E-state index in [4.69, 9.17) is 5.73 Å². The third-order valence-corrected chi connectivity index (χ3v) is 4.27. The molecular weight excluding hydrogens is 278 g/mol. The fourth-order valence-corrected chi connectivity index (χ4v) is 2.64. The Morgan fingerprint density at radius 2 is 2.18 bits per heavy atom. The largest absolute Gasteiger partial charge is 0.398 e. The summed E-state index contributed by atoms with van der Waals surface area (Å²) in [6.45, 7) is 3.92. The zero-order chi connectivity index (χ0) is 15.9. The summed E-state index contributed by atoms with van der Waals surface area (Å²) in [4.78, 5) is 25.1. The first kappa shape index (κ1) is 14.6. The number of carbonyl (C=O) groups excluding carboxylic acids is 1. The van der Waals surface area contributed by atoms with Gasteiger partial charge in [-0.25, -0.2) is 0 Å². The van der Waals surface area contributed by atoms with Crippen LogP contribution in [0, 0.1) is 0 Å². The van der Waals surface area contributed by atoms with E-state index in [9.17, 15) is 9.59 Å². The van der Waals surface area contributed by atoms with Crippen molar-refractivity contribution in [1.29, 1.82) is 0 Å². The highest BCUT2D eigenvalue weighted by Crippen LogP contribution is 2.37. The van der Waals surface area contributed by atoms with Gasteiger partial charge in [0.15, 0.2) is 0 Å². The molecule has 0 spiro atoms. The second-order valence-corrected chi connectivity index (χ2v) is 6.03. The first-order valence-electron chi connectivity index (χ1n) is 7.77. The van der Waals surface area contributed by atoms with E-state index in [1.165, 1.54) is 0 Å². The summed E-state index contributed by atoms with van der Waals surface area (Å²) in [7, 11) is 0. The number of amides is 1. The van der Waals surface area contributed by atoms with Crippen LogP contribution in [0.2, 0.25) is 0 Å². The van der Waals surface area contributed by atoms with E-state index in [2.05, 4.69) is 5.32 Å². The number of hydrogen-bond acceptors (Lipinski definition) is 3. The first-order chi connectivity index (χ1) is 10.5. The van der Waals surface area contributed by atoms with Crippen molar-refractivity contribution < 1.29 is 4.79 Å². The predicted octanol–water partition coefficient (Wildman–Crippen LogP) is 2.45. The average Bonchev–Trinajstić information content (AvgIpc) is 3.32. The smallest absolute Gasteiger partial charge is 0.256 e. The Balaban J connectivity index is 2.19. The Morgan fingerprint density at radius 1 is 1.45 bits per heavy atom. The van der Waals surface area contributed by atoms with Crippen molar-refractivity contribution >= 4 is 22.5 Å². The van der Waals surface area contributed by atoms with E-state index in [1.807, 2.05) is 30.5 Å². The van der Waals surface area contributed by atoms with Crippen molar-refractivity contribution in [2.24, 2.45) is 0 Å². The summed E-state index contributed by atoms with van der Waals surface area (Å²) in [6, 6.07) is 5.83. The number of anilines is 1. The van der Waals surface area contributed by atoms with Gasteiger partial charge >= 0.3 is 0 Å². The fraction of sp³-hybridized carbons (Fsp3) is 0.412. The molecule has 1 heterocycles. The van der Waals surface area contributed by atoms with Gasteiger partial charge in [0.05, 0.1) is 10.9 Å². The van der Waals surface area contributed by atoms with E-state index in [-0.39, 0.29) is 22.9 Å². The van der Waals surface area contributed by atoms with E-state index in [0.29, 0.717) is 17.1 Å². The Hall–Kier alpha value is -2.30. The third-order valence-electron chi connectivity index (χ3n) is 4.27. The molecule has 1 aliphatic rings. The highest BCUT2D eigenvalue weighted by molar-refractivity contribution is 6.00. The van der Waals surface area contributed by atoms with E-state index in [1.54, 1.807) is 12.3 Å². The van der Waals surface area contributed by atoms with Gasteiger partial charge in [0.1, 0.15) is 5.56 Å². The second-order valence-electron chi connectivity index (χ2n) is 6.03. The molecule has 3 N–H and O–H groups in total. The lowest BCUT2D eigenvalue weighted by atomic mass is 10.1. The van der Waals surface area contributed by atoms with Gasteiger partial charge in [0, 0.05) is 24.0 Å². The monoisotopic (exact) mass is 299 g/mol. The molecule has 1 atom stereocenters. The number of nitrogens with two attached hydrogens (primary N) is 1. The van der Waals surface area contributed by atoms with Crippen molar-refractivity contribution in [2.45, 2.75) is 45.2 Å². The van der Waals surface area contributed by atoms with Crippen LogP contribution in [0.5, 0.6) is 0 Å². The summed E-state index contributed by atoms with van der Waals surface area (Å²) < 4.78 is 2.03. The Kier molecular flexibility index (Phi) is 3.64. The number of nitrogens with zero attached hydrogens (tertiary/aromatic N) is 1. The predicted molar refractivity (Wildman–Crippen MR) is 88.1 cm³/mol. The first-order valence-corrected chi connectivity index (χ1v) is 7.77. The summed E-state index contributed by atoms with van der Waals surface area (Å²) >= 11 is 0. The minimum absolute atomic E-state index is 0.0325. The number of nitrogens with one attached hydrogen (secondary N) is 1. The molecule has 0 aliphatic heterocycles. The maximum absolute atomic E-state index is 12.7. The molecule has 1 aliphatic carbocycles. The van der Waals surface area contributed by atoms with Crippen molar-refractivity contribution in [3.05, 3.63) is 40.2 Å². The molecule has 3 rings (SSSR count). The second kappa shape index (κ2) is 5.48. The molecule has 0 saturated heterocycles. The quantitative estimate of drug-likeness (QED) is 0.851. The summed E-state index contributed by atoms with van der Waals surface area (Å²) in [5.74, 6) is -0.320. The Bertz CT molecular complexity index is 790. The number of rotatable bonds is 4. The number of benzene rings is 1. The molecule has 0 radical (unpaired) electrons. The highest BCUT2D eigenvalue weighted by atomic mass is 16.2. The van der Waals surface area contributed by atoms with Crippen LogP contribution in [0.4, 0.5) is 5.69 Å². The molecule has 1 aromatic heterocycles. The number of pyridine rings is 1. The molecule has 5 heteroatoms. The van der Waals surface area contributed by atoms with Gasteiger partial charge in [-0.2, -0.15) is 0 Å². The number of hydrogen-bond donors (Lipinski definition) is 2. The van der Waals surface area contributed by atoms with Gasteiger partial charge in [-0.05, 0) is 38.3 Å². The minimum Gasteiger partial charge on any atom is -0.398 e. The van der Waals surface area contributed by atoms with Crippen LogP contribution < -0.4 is 16.5 Å². The molecule has 1 fully saturated rings. The summed E-state index contributed by atoms with van der Waals surface area (Å²) in [6.07, 6.45) is 4.65. The summed E-state index contributed by atoms with van der Waals surface area (Å²) in [5, 5.41) is 3.31. The molecule has 1 aromatic carbocycles. The molecule has 1 amide bonds. The zero-order valence-electron chi connectivity index (χ0n) is 12.9. The molecule has 116 valence electrons. The van der Waals surface area contributed by atoms with Crippen LogP contribution in [0.25, 0.3) is 10.9 Å². The fourth-order valence-electron chi connectivity index (χ4n) is 2.64. The van der Waals surface area contributed by atoms with Gasteiger partial charge in [0.2, 0.25) is 5.43 Å². The highest BCUT2D eigenvalue weighted by Gasteiger charge is 2.27. The van der Waals surface area contributed by atoms with E-state index in [0.717, 1.165) is 24.8 Å². The molecule has 22 heavy (non-hydrogen) atoms. The number of nitrogen functional groups attached to an aromatic ring is 1. The topological polar surface area (TPSA) is 77.1 Å². The molecular formula is C17H21N3O2. The third kappa shape index (κ3) is 2.47. The number of aromatic nitrogens is 1. The van der Waals surface area contributed by atoms with Crippen molar-refractivity contribution in [3.8, 4) is 0 Å². The zero-order valence-corrected chi connectivity index (χ0v) is 12.9. The molecule has 5 nitrogen and oxygen atoms in total. The molecule has 1 saturated carbocycles. The lowest BCUT2D eigenvalue weighted by Crippen LogP contribution is -2.35. The van der Waals surface area contributed by atoms with Crippen LogP contribution in [0.1, 0.15) is 49.5 Å². The van der Waals surface area contributed by atoms with E-state index >= 15 is 0 Å². The van der Waals surface area contributed by atoms with Gasteiger partial charge < -0.3 is 15.6 Å². The Morgan fingerprint density at radius 3 is 2.82 bits per heavy atom. The number of carbonyl (C=O) groups is 1. The standard InChI is InChI=1S/C17H21N3O2/c1-3-10(2)19-17(22)12-9-20(11-7-8-11)14-6-4-5-13(18)15(14)16(12)21/h4-6,9-11H,3,7-8,18H2,1-2H3,(H,19,22). The lowest BCUT2D eigenvalue weighted by Gasteiger charge is -2.15. The van der Waals surface area contributed by atoms with Gasteiger partial charge in [-0.1, -0.05) is 13.0 Å². The van der Waals surface area contributed by atoms with Gasteiger partial charge in [-0.3, -0.25) is 9.59 Å². The van der Waals surface area contributed by atoms with E-state index < -0.39 is 0 Å². The maximum atomic E-state index is 12.7. The van der Waals surface area contributed by atoms with Crippen molar-refractivity contribution in [1.82, 2.24) is 9.88 Å². The Labute approximate surface area is 129 Å². The number of fused-ring (bicyclic) bond motifs is 1. The average molecular weight is 299 g/mol. The molecule has 1 unspecified atom stereocenters. The van der Waals surface area contributed by atoms with Crippen LogP contribution in [-0.4, -0.2) is 16.5 Å².